The number of carbonyl (C=O) groups is 2. The Morgan fingerprint density at radius 1 is 1.17 bits per heavy atom. The minimum absolute atomic E-state index is 0. The van der Waals surface area contributed by atoms with Crippen LogP contribution in [0.5, 0.6) is 0 Å². The van der Waals surface area contributed by atoms with E-state index in [0.717, 1.165) is 32.1 Å². The predicted octanol–water partition coefficient (Wildman–Crippen LogP) is 0.355. The maximum absolute atomic E-state index is 13.6. The Bertz CT molecular complexity index is 651. The minimum Gasteiger partial charge on any atom is -0.550 e. The first-order valence-corrected chi connectivity index (χ1v) is 11.6. The van der Waals surface area contributed by atoms with Crippen LogP contribution < -0.4 is 34.7 Å². The molecule has 4 saturated carbocycles. The van der Waals surface area contributed by atoms with Gasteiger partial charge in [-0.15, -0.1) is 0 Å². The third-order valence-electron chi connectivity index (χ3n) is 10.1. The zero-order chi connectivity index (χ0) is 20.3. The van der Waals surface area contributed by atoms with Crippen LogP contribution in [-0.4, -0.2) is 23.0 Å². The second kappa shape index (κ2) is 8.56. The molecule has 158 valence electrons. The van der Waals surface area contributed by atoms with Gasteiger partial charge in [-0.25, -0.2) is 0 Å². The summed E-state index contributed by atoms with van der Waals surface area (Å²) in [5.74, 6) is 2.14. The second-order valence-corrected chi connectivity index (χ2v) is 11.1. The number of carbonyl (C=O) groups excluding carboxylic acids is 2. The van der Waals surface area contributed by atoms with Gasteiger partial charge >= 0.3 is 29.6 Å². The third-order valence-corrected chi connectivity index (χ3v) is 10.1. The van der Waals surface area contributed by atoms with E-state index in [1.165, 1.54) is 12.8 Å². The molecule has 0 aliphatic heterocycles. The molecule has 1 N–H and O–H groups in total. The van der Waals surface area contributed by atoms with Crippen molar-refractivity contribution in [1.82, 2.24) is 0 Å². The number of fused-ring (bicyclic) bond motifs is 5. The Morgan fingerprint density at radius 2 is 1.90 bits per heavy atom. The van der Waals surface area contributed by atoms with Crippen molar-refractivity contribution in [2.24, 2.45) is 46.3 Å². The Hall–Kier alpha value is 0.1000. The van der Waals surface area contributed by atoms with E-state index in [9.17, 15) is 19.8 Å². The Balaban J connectivity index is 0.00000240. The van der Waals surface area contributed by atoms with Crippen LogP contribution in [0.2, 0.25) is 0 Å². The molecule has 0 amide bonds. The van der Waals surface area contributed by atoms with Crippen molar-refractivity contribution in [1.29, 1.82) is 0 Å². The molecular weight excluding hydrogens is 375 g/mol. The van der Waals surface area contributed by atoms with Gasteiger partial charge in [-0.2, -0.15) is 0 Å². The monoisotopic (exact) mass is 412 g/mol. The van der Waals surface area contributed by atoms with E-state index in [1.807, 2.05) is 0 Å². The summed E-state index contributed by atoms with van der Waals surface area (Å²) in [6, 6.07) is 0. The maximum atomic E-state index is 13.6. The van der Waals surface area contributed by atoms with Gasteiger partial charge in [0.05, 0.1) is 6.10 Å². The van der Waals surface area contributed by atoms with Crippen LogP contribution >= 0.6 is 0 Å². The number of aliphatic hydroxyl groups excluding tert-OH is 1. The van der Waals surface area contributed by atoms with Gasteiger partial charge in [0.2, 0.25) is 0 Å². The molecule has 4 aliphatic rings. The first-order chi connectivity index (χ1) is 13.2. The first kappa shape index (κ1) is 23.8. The molecule has 0 saturated heterocycles. The van der Waals surface area contributed by atoms with Crippen molar-refractivity contribution in [2.75, 3.05) is 0 Å². The van der Waals surface area contributed by atoms with Crippen molar-refractivity contribution in [3.05, 3.63) is 0 Å². The van der Waals surface area contributed by atoms with Crippen LogP contribution in [0.25, 0.3) is 0 Å². The summed E-state index contributed by atoms with van der Waals surface area (Å²) in [4.78, 5) is 24.5. The Kier molecular flexibility index (Phi) is 7.01. The number of aliphatic carboxylic acids is 1. The van der Waals surface area contributed by atoms with E-state index in [2.05, 4.69) is 20.8 Å². The number of hydrogen-bond donors (Lipinski definition) is 1. The Morgan fingerprint density at radius 3 is 2.59 bits per heavy atom. The van der Waals surface area contributed by atoms with E-state index in [1.54, 1.807) is 0 Å². The fraction of sp³-hybridized carbons (Fsp3) is 0.917. The molecular formula is C24H37NaO4. The average Bonchev–Trinajstić information content (AvgIpc) is 3.00. The van der Waals surface area contributed by atoms with Crippen LogP contribution in [0, 0.1) is 46.3 Å². The van der Waals surface area contributed by atoms with E-state index in [-0.39, 0.29) is 58.8 Å². The summed E-state index contributed by atoms with van der Waals surface area (Å²) in [6.45, 7) is 6.76. The predicted molar refractivity (Wildman–Crippen MR) is 105 cm³/mol. The Labute approximate surface area is 197 Å². The first-order valence-electron chi connectivity index (χ1n) is 11.6. The molecule has 0 aromatic carbocycles. The summed E-state index contributed by atoms with van der Waals surface area (Å²) in [5, 5.41) is 21.1. The van der Waals surface area contributed by atoms with Gasteiger partial charge in [0, 0.05) is 17.8 Å². The van der Waals surface area contributed by atoms with Gasteiger partial charge in [0.25, 0.3) is 0 Å². The molecule has 9 atom stereocenters. The normalized spacial score (nSPS) is 47.4. The number of carboxylic acids is 1. The topological polar surface area (TPSA) is 77.4 Å². The zero-order valence-electron chi connectivity index (χ0n) is 18.8. The molecule has 0 bridgehead atoms. The van der Waals surface area contributed by atoms with Crippen molar-refractivity contribution in [2.45, 2.75) is 91.1 Å². The van der Waals surface area contributed by atoms with Crippen LogP contribution in [0.4, 0.5) is 0 Å². The summed E-state index contributed by atoms with van der Waals surface area (Å²) in [5.41, 5.74) is -0.0677. The fourth-order valence-electron chi connectivity index (χ4n) is 8.43. The number of Topliss-reactive ketones (excluding diaryl/α,β-unsaturated/α-hetero) is 1. The number of rotatable bonds is 4. The molecule has 0 spiro atoms. The van der Waals surface area contributed by atoms with Gasteiger partial charge < -0.3 is 15.0 Å². The van der Waals surface area contributed by atoms with Crippen molar-refractivity contribution in [3.8, 4) is 0 Å². The molecule has 5 heteroatoms. The van der Waals surface area contributed by atoms with E-state index in [0.29, 0.717) is 48.2 Å². The van der Waals surface area contributed by atoms with Gasteiger partial charge in [-0.1, -0.05) is 20.8 Å². The summed E-state index contributed by atoms with van der Waals surface area (Å²) in [6.07, 6.45) is 8.69. The fourth-order valence-corrected chi connectivity index (χ4v) is 8.43. The summed E-state index contributed by atoms with van der Waals surface area (Å²) >= 11 is 0. The van der Waals surface area contributed by atoms with Crippen LogP contribution in [0.3, 0.4) is 0 Å². The standard InChI is InChI=1S/C24H38O4.Na/c1-14(4-9-22(27)28)18-7-8-19-17-6-5-15-12-16(25)10-11-23(15,2)20(17)13-21(26)24(18,19)3;/h14-20,25H,4-13H2,1-3H3,(H,27,28);/q;+1/p-1/t14-,15?,16-,17?,18-,19?,20?,23+,24-;/m1./s1. The molecule has 0 aromatic heterocycles. The molecule has 0 aromatic rings. The number of hydrogen-bond acceptors (Lipinski definition) is 4. The molecule has 0 heterocycles. The van der Waals surface area contributed by atoms with Gasteiger partial charge in [-0.05, 0) is 98.7 Å². The van der Waals surface area contributed by atoms with Crippen LogP contribution in [0.15, 0.2) is 0 Å². The van der Waals surface area contributed by atoms with E-state index in [4.69, 9.17) is 0 Å². The average molecular weight is 413 g/mol. The number of carboxylic acid groups (broad SMARTS) is 1. The summed E-state index contributed by atoms with van der Waals surface area (Å²) < 4.78 is 0. The van der Waals surface area contributed by atoms with Crippen LogP contribution in [-0.2, 0) is 9.59 Å². The zero-order valence-corrected chi connectivity index (χ0v) is 20.8. The van der Waals surface area contributed by atoms with E-state index < -0.39 is 5.97 Å². The van der Waals surface area contributed by atoms with Gasteiger partial charge in [-0.3, -0.25) is 4.79 Å². The molecule has 4 nitrogen and oxygen atoms in total. The molecule has 4 rings (SSSR count). The SMILES string of the molecule is C[C@H](CCC(=O)[O-])[C@H]1CCC2C3CCC4C[C@H](O)CC[C@]4(C)C3CC(=O)[C@@]21C.[Na+]. The molecule has 0 radical (unpaired) electrons. The number of aliphatic hydroxyl groups is 1. The van der Waals surface area contributed by atoms with Crippen molar-refractivity contribution < 1.29 is 49.4 Å². The number of ketones is 1. The molecule has 4 aliphatic carbocycles. The molecule has 29 heavy (non-hydrogen) atoms. The van der Waals surface area contributed by atoms with Crippen molar-refractivity contribution in [3.63, 3.8) is 0 Å². The maximum Gasteiger partial charge on any atom is 1.00 e. The molecule has 4 unspecified atom stereocenters. The van der Waals surface area contributed by atoms with Gasteiger partial charge in [0.1, 0.15) is 5.78 Å². The summed E-state index contributed by atoms with van der Waals surface area (Å²) in [7, 11) is 0. The van der Waals surface area contributed by atoms with Crippen LogP contribution in [0.1, 0.15) is 85.0 Å². The third kappa shape index (κ3) is 3.79. The van der Waals surface area contributed by atoms with Gasteiger partial charge in [0.15, 0.2) is 0 Å². The smallest absolute Gasteiger partial charge is 0.550 e. The minimum atomic E-state index is -0.979. The van der Waals surface area contributed by atoms with Crippen molar-refractivity contribution >= 4 is 11.8 Å². The largest absolute Gasteiger partial charge is 1.00 e. The second-order valence-electron chi connectivity index (χ2n) is 11.1. The van der Waals surface area contributed by atoms with E-state index >= 15 is 0 Å². The molecule has 4 fully saturated rings. The quantitative estimate of drug-likeness (QED) is 0.677.